The number of sulfonamides is 1. The third kappa shape index (κ3) is 4.88. The summed E-state index contributed by atoms with van der Waals surface area (Å²) in [4.78, 5) is 16.5. The largest absolute Gasteiger partial charge is 0.476 e. The summed E-state index contributed by atoms with van der Waals surface area (Å²) in [6.07, 6.45) is 2.99. The molecule has 0 fully saturated rings. The van der Waals surface area contributed by atoms with Gasteiger partial charge in [0.2, 0.25) is 15.9 Å². The van der Waals surface area contributed by atoms with E-state index < -0.39 is 15.9 Å². The third-order valence-corrected chi connectivity index (χ3v) is 4.55. The fourth-order valence-corrected chi connectivity index (χ4v) is 3.03. The quantitative estimate of drug-likeness (QED) is 0.703. The molecule has 1 heterocycles. The molecule has 0 atom stereocenters. The molecule has 0 aliphatic rings. The Morgan fingerprint density at radius 3 is 2.84 bits per heavy atom. The van der Waals surface area contributed by atoms with Gasteiger partial charge >= 0.3 is 0 Å². The van der Waals surface area contributed by atoms with Crippen molar-refractivity contribution in [3.8, 4) is 5.88 Å². The summed E-state index contributed by atoms with van der Waals surface area (Å²) in [7, 11) is -3.71. The van der Waals surface area contributed by atoms with Crippen molar-refractivity contribution in [3.05, 3.63) is 60.8 Å². The zero-order valence-electron chi connectivity index (χ0n) is 13.7. The number of pyridine rings is 1. The highest BCUT2D eigenvalue weighted by molar-refractivity contribution is 7.89. The number of amides is 1. The average molecular weight is 361 g/mol. The Morgan fingerprint density at radius 1 is 1.32 bits per heavy atom. The van der Waals surface area contributed by atoms with Crippen molar-refractivity contribution in [2.45, 2.75) is 11.8 Å². The maximum Gasteiger partial charge on any atom is 0.255 e. The fraction of sp³-hybridized carbons (Fsp3) is 0.176. The first-order valence-corrected chi connectivity index (χ1v) is 9.06. The second-order valence-corrected chi connectivity index (χ2v) is 6.68. The molecule has 132 valence electrons. The van der Waals surface area contributed by atoms with E-state index in [1.165, 1.54) is 30.3 Å². The number of hydrogen-bond donors (Lipinski definition) is 2. The molecule has 0 saturated carbocycles. The highest BCUT2D eigenvalue weighted by Crippen LogP contribution is 2.21. The molecule has 0 saturated heterocycles. The van der Waals surface area contributed by atoms with Crippen molar-refractivity contribution in [2.75, 3.05) is 18.5 Å². The van der Waals surface area contributed by atoms with Crippen LogP contribution in [0, 0.1) is 0 Å². The lowest BCUT2D eigenvalue weighted by Crippen LogP contribution is -2.24. The minimum Gasteiger partial charge on any atom is -0.476 e. The number of anilines is 1. The minimum absolute atomic E-state index is 0.00165. The van der Waals surface area contributed by atoms with Gasteiger partial charge in [-0.05, 0) is 37.3 Å². The predicted octanol–water partition coefficient (Wildman–Crippen LogP) is 2.20. The first kappa shape index (κ1) is 18.6. The number of hydrogen-bond acceptors (Lipinski definition) is 5. The molecular weight excluding hydrogens is 342 g/mol. The van der Waals surface area contributed by atoms with Gasteiger partial charge in [-0.3, -0.25) is 4.79 Å². The zero-order chi connectivity index (χ0) is 18.3. The lowest BCUT2D eigenvalue weighted by Gasteiger charge is -2.11. The molecule has 1 amide bonds. The van der Waals surface area contributed by atoms with Crippen molar-refractivity contribution in [3.63, 3.8) is 0 Å². The van der Waals surface area contributed by atoms with E-state index in [2.05, 4.69) is 21.6 Å². The summed E-state index contributed by atoms with van der Waals surface area (Å²) in [5.74, 6) is -0.163. The first-order valence-electron chi connectivity index (χ1n) is 7.57. The first-order chi connectivity index (χ1) is 12.0. The average Bonchev–Trinajstić information content (AvgIpc) is 2.62. The van der Waals surface area contributed by atoms with Crippen LogP contribution in [0.25, 0.3) is 0 Å². The molecule has 0 radical (unpaired) electrons. The molecule has 0 aliphatic carbocycles. The molecule has 7 nitrogen and oxygen atoms in total. The summed E-state index contributed by atoms with van der Waals surface area (Å²) >= 11 is 0. The molecule has 1 aromatic carbocycles. The van der Waals surface area contributed by atoms with Gasteiger partial charge in [-0.2, -0.15) is 0 Å². The summed E-state index contributed by atoms with van der Waals surface area (Å²) in [5.41, 5.74) is 0.611. The van der Waals surface area contributed by atoms with Gasteiger partial charge in [-0.25, -0.2) is 18.1 Å². The predicted molar refractivity (Wildman–Crippen MR) is 95.2 cm³/mol. The Labute approximate surface area is 146 Å². The maximum atomic E-state index is 12.4. The van der Waals surface area contributed by atoms with Crippen LogP contribution in [-0.2, 0) is 10.0 Å². The van der Waals surface area contributed by atoms with Gasteiger partial charge in [0.25, 0.3) is 5.91 Å². The van der Waals surface area contributed by atoms with Gasteiger partial charge in [-0.1, -0.05) is 12.1 Å². The summed E-state index contributed by atoms with van der Waals surface area (Å²) in [6, 6.07) is 9.07. The fourth-order valence-electron chi connectivity index (χ4n) is 1.99. The van der Waals surface area contributed by atoms with Crippen LogP contribution in [0.5, 0.6) is 5.88 Å². The van der Waals surface area contributed by atoms with Crippen LogP contribution in [0.2, 0.25) is 0 Å². The number of carbonyl (C=O) groups is 1. The van der Waals surface area contributed by atoms with Gasteiger partial charge in [-0.15, -0.1) is 6.58 Å². The number of ether oxygens (including phenoxy) is 1. The number of aromatic nitrogens is 1. The highest BCUT2D eigenvalue weighted by Gasteiger charge is 2.16. The molecule has 2 N–H and O–H groups in total. The van der Waals surface area contributed by atoms with E-state index in [1.54, 1.807) is 18.3 Å². The number of nitrogens with zero attached hydrogens (tertiary/aromatic N) is 1. The second kappa shape index (κ2) is 8.41. The van der Waals surface area contributed by atoms with Crippen molar-refractivity contribution < 1.29 is 17.9 Å². The summed E-state index contributed by atoms with van der Waals surface area (Å²) < 4.78 is 32.0. The standard InChI is InChI=1S/C17H19N3O4S/c1-3-10-19-25(22,23)14-8-5-7-13(12-14)16(21)20-15-9-6-11-18-17(15)24-4-2/h3,5-9,11-12,19H,1,4,10H2,2H3,(H,20,21). The summed E-state index contributed by atoms with van der Waals surface area (Å²) in [5, 5.41) is 2.68. The molecule has 0 aliphatic heterocycles. The van der Waals surface area contributed by atoms with Crippen molar-refractivity contribution in [1.29, 1.82) is 0 Å². The molecule has 25 heavy (non-hydrogen) atoms. The number of nitrogens with one attached hydrogen (secondary N) is 2. The van der Waals surface area contributed by atoms with Crippen LogP contribution >= 0.6 is 0 Å². The highest BCUT2D eigenvalue weighted by atomic mass is 32.2. The molecule has 1 aromatic heterocycles. The van der Waals surface area contributed by atoms with Crippen LogP contribution in [0.1, 0.15) is 17.3 Å². The van der Waals surface area contributed by atoms with E-state index in [0.717, 1.165) is 0 Å². The van der Waals surface area contributed by atoms with Crippen molar-refractivity contribution in [2.24, 2.45) is 0 Å². The SMILES string of the molecule is C=CCNS(=O)(=O)c1cccc(C(=O)Nc2cccnc2OCC)c1. The van der Waals surface area contributed by atoms with E-state index >= 15 is 0 Å². The number of carbonyl (C=O) groups excluding carboxylic acids is 1. The third-order valence-electron chi connectivity index (χ3n) is 3.12. The Kier molecular flexibility index (Phi) is 6.26. The van der Waals surface area contributed by atoms with Crippen molar-refractivity contribution >= 4 is 21.6 Å². The van der Waals surface area contributed by atoms with Crippen LogP contribution < -0.4 is 14.8 Å². The van der Waals surface area contributed by atoms with Crippen LogP contribution in [-0.4, -0.2) is 32.5 Å². The Hall–Kier alpha value is -2.71. The molecule has 8 heteroatoms. The molecular formula is C17H19N3O4S. The van der Waals surface area contributed by atoms with Gasteiger partial charge < -0.3 is 10.1 Å². The lowest BCUT2D eigenvalue weighted by atomic mass is 10.2. The normalized spacial score (nSPS) is 10.9. The topological polar surface area (TPSA) is 97.4 Å². The second-order valence-electron chi connectivity index (χ2n) is 4.91. The minimum atomic E-state index is -3.71. The maximum absolute atomic E-state index is 12.4. The van der Waals surface area contributed by atoms with E-state index in [-0.39, 0.29) is 17.0 Å². The van der Waals surface area contributed by atoms with Crippen LogP contribution in [0.15, 0.2) is 60.1 Å². The Bertz CT molecular complexity index is 866. The lowest BCUT2D eigenvalue weighted by molar-refractivity contribution is 0.102. The van der Waals surface area contributed by atoms with Crippen molar-refractivity contribution in [1.82, 2.24) is 9.71 Å². The number of benzene rings is 1. The van der Waals surface area contributed by atoms with E-state index in [4.69, 9.17) is 4.74 Å². The Balaban J connectivity index is 2.24. The smallest absolute Gasteiger partial charge is 0.255 e. The number of rotatable bonds is 8. The Morgan fingerprint density at radius 2 is 2.12 bits per heavy atom. The molecule has 2 aromatic rings. The molecule has 0 unspecified atom stereocenters. The van der Waals surface area contributed by atoms with Gasteiger partial charge in [0.1, 0.15) is 5.69 Å². The van der Waals surface area contributed by atoms with Gasteiger partial charge in [0, 0.05) is 18.3 Å². The van der Waals surface area contributed by atoms with Gasteiger partial charge in [0.05, 0.1) is 11.5 Å². The van der Waals surface area contributed by atoms with E-state index in [0.29, 0.717) is 18.2 Å². The summed E-state index contributed by atoms with van der Waals surface area (Å²) in [6.45, 7) is 5.78. The molecule has 2 rings (SSSR count). The van der Waals surface area contributed by atoms with Crippen LogP contribution in [0.4, 0.5) is 5.69 Å². The monoisotopic (exact) mass is 361 g/mol. The molecule has 0 spiro atoms. The van der Waals surface area contributed by atoms with Gasteiger partial charge in [0.15, 0.2) is 0 Å². The van der Waals surface area contributed by atoms with Crippen LogP contribution in [0.3, 0.4) is 0 Å². The zero-order valence-corrected chi connectivity index (χ0v) is 14.5. The van der Waals surface area contributed by atoms with E-state index in [9.17, 15) is 13.2 Å². The van der Waals surface area contributed by atoms with E-state index in [1.807, 2.05) is 6.92 Å². The molecule has 0 bridgehead atoms.